The maximum absolute atomic E-state index is 11.7. The molecule has 0 spiro atoms. The molecule has 0 aliphatic rings. The minimum absolute atomic E-state index is 0.394. The minimum Gasteiger partial charge on any atom is -0.481 e. The standard InChI is InChI=1S/C12H15BrN2O3/c1-6-3-7(2)11(8(13)4-6)15-12(18)9(14)5-10(16)17/h3-4,9H,5,14H2,1-2H3,(H,15,18)(H,16,17). The summed E-state index contributed by atoms with van der Waals surface area (Å²) in [5.41, 5.74) is 8.05. The molecule has 1 atom stereocenters. The number of rotatable bonds is 4. The molecule has 1 aromatic carbocycles. The molecule has 0 heterocycles. The number of amides is 1. The van der Waals surface area contributed by atoms with Gasteiger partial charge in [-0.05, 0) is 47.0 Å². The molecule has 1 amide bonds. The van der Waals surface area contributed by atoms with Gasteiger partial charge >= 0.3 is 5.97 Å². The molecule has 0 aliphatic carbocycles. The Bertz CT molecular complexity index is 465. The van der Waals surface area contributed by atoms with Crippen molar-refractivity contribution in [1.29, 1.82) is 0 Å². The third-order valence-corrected chi connectivity index (χ3v) is 3.04. The molecule has 18 heavy (non-hydrogen) atoms. The van der Waals surface area contributed by atoms with E-state index >= 15 is 0 Å². The molecule has 4 N–H and O–H groups in total. The Kier molecular flexibility index (Phi) is 4.86. The quantitative estimate of drug-likeness (QED) is 0.790. The fourth-order valence-corrected chi connectivity index (χ4v) is 2.34. The molecule has 1 aromatic rings. The molecular formula is C12H15BrN2O3. The molecule has 0 bridgehead atoms. The number of benzene rings is 1. The average molecular weight is 315 g/mol. The summed E-state index contributed by atoms with van der Waals surface area (Å²) in [6.45, 7) is 3.80. The summed E-state index contributed by atoms with van der Waals surface area (Å²) >= 11 is 3.35. The summed E-state index contributed by atoms with van der Waals surface area (Å²) in [5, 5.41) is 11.2. The number of carboxylic acids is 1. The van der Waals surface area contributed by atoms with E-state index in [4.69, 9.17) is 10.8 Å². The van der Waals surface area contributed by atoms with Crippen LogP contribution in [0.3, 0.4) is 0 Å². The number of hydrogen-bond acceptors (Lipinski definition) is 3. The smallest absolute Gasteiger partial charge is 0.305 e. The van der Waals surface area contributed by atoms with Crippen LogP contribution in [0.4, 0.5) is 5.69 Å². The Hall–Kier alpha value is -1.40. The van der Waals surface area contributed by atoms with Gasteiger partial charge in [0.2, 0.25) is 5.91 Å². The van der Waals surface area contributed by atoms with E-state index in [9.17, 15) is 9.59 Å². The summed E-state index contributed by atoms with van der Waals surface area (Å²) in [6.07, 6.45) is -0.394. The van der Waals surface area contributed by atoms with Gasteiger partial charge in [0.05, 0.1) is 18.2 Å². The van der Waals surface area contributed by atoms with E-state index in [1.54, 1.807) is 0 Å². The number of anilines is 1. The fourth-order valence-electron chi connectivity index (χ4n) is 1.57. The number of hydrogen-bond donors (Lipinski definition) is 3. The first-order valence-corrected chi connectivity index (χ1v) is 6.15. The summed E-state index contributed by atoms with van der Waals surface area (Å²) in [4.78, 5) is 22.2. The van der Waals surface area contributed by atoms with Crippen molar-refractivity contribution in [2.75, 3.05) is 5.32 Å². The number of nitrogens with one attached hydrogen (secondary N) is 1. The zero-order valence-corrected chi connectivity index (χ0v) is 11.7. The van der Waals surface area contributed by atoms with Crippen molar-refractivity contribution in [2.24, 2.45) is 5.73 Å². The van der Waals surface area contributed by atoms with Gasteiger partial charge in [0, 0.05) is 4.47 Å². The first kappa shape index (κ1) is 14.7. The van der Waals surface area contributed by atoms with Crippen LogP contribution in [0.15, 0.2) is 16.6 Å². The van der Waals surface area contributed by atoms with Gasteiger partial charge in [0.25, 0.3) is 0 Å². The van der Waals surface area contributed by atoms with Crippen molar-refractivity contribution >= 4 is 33.5 Å². The highest BCUT2D eigenvalue weighted by Crippen LogP contribution is 2.27. The van der Waals surface area contributed by atoms with E-state index in [0.29, 0.717) is 5.69 Å². The van der Waals surface area contributed by atoms with Crippen LogP contribution >= 0.6 is 15.9 Å². The monoisotopic (exact) mass is 314 g/mol. The largest absolute Gasteiger partial charge is 0.481 e. The Morgan fingerprint density at radius 2 is 2.06 bits per heavy atom. The third-order valence-electron chi connectivity index (χ3n) is 2.41. The highest BCUT2D eigenvalue weighted by atomic mass is 79.9. The topological polar surface area (TPSA) is 92.4 Å². The lowest BCUT2D eigenvalue weighted by molar-refractivity contribution is -0.138. The van der Waals surface area contributed by atoms with Crippen molar-refractivity contribution in [1.82, 2.24) is 0 Å². The van der Waals surface area contributed by atoms with E-state index in [2.05, 4.69) is 21.2 Å². The minimum atomic E-state index is -1.10. The van der Waals surface area contributed by atoms with Gasteiger partial charge in [-0.3, -0.25) is 9.59 Å². The number of carbonyl (C=O) groups excluding carboxylic acids is 1. The zero-order valence-electron chi connectivity index (χ0n) is 10.2. The highest BCUT2D eigenvalue weighted by Gasteiger charge is 2.18. The van der Waals surface area contributed by atoms with Gasteiger partial charge in [-0.2, -0.15) is 0 Å². The van der Waals surface area contributed by atoms with Gasteiger partial charge in [-0.1, -0.05) is 6.07 Å². The Balaban J connectivity index is 2.85. The molecule has 5 nitrogen and oxygen atoms in total. The number of aliphatic carboxylic acids is 1. The van der Waals surface area contributed by atoms with Crippen LogP contribution < -0.4 is 11.1 Å². The molecule has 1 unspecified atom stereocenters. The first-order valence-electron chi connectivity index (χ1n) is 5.36. The zero-order chi connectivity index (χ0) is 13.9. The number of aryl methyl sites for hydroxylation is 2. The van der Waals surface area contributed by atoms with Crippen LogP contribution in [-0.2, 0) is 9.59 Å². The first-order chi connectivity index (χ1) is 8.31. The summed E-state index contributed by atoms with van der Waals surface area (Å²) in [6, 6.07) is 2.73. The lowest BCUT2D eigenvalue weighted by Crippen LogP contribution is -2.37. The number of halogens is 1. The van der Waals surface area contributed by atoms with Crippen LogP contribution in [0.2, 0.25) is 0 Å². The number of nitrogens with two attached hydrogens (primary N) is 1. The highest BCUT2D eigenvalue weighted by molar-refractivity contribution is 9.10. The molecule has 0 aliphatic heterocycles. The third kappa shape index (κ3) is 3.82. The lowest BCUT2D eigenvalue weighted by atomic mass is 10.1. The van der Waals surface area contributed by atoms with Crippen LogP contribution in [-0.4, -0.2) is 23.0 Å². The number of carboxylic acid groups (broad SMARTS) is 1. The normalized spacial score (nSPS) is 12.0. The van der Waals surface area contributed by atoms with Gasteiger partial charge in [-0.25, -0.2) is 0 Å². The van der Waals surface area contributed by atoms with Crippen molar-refractivity contribution in [2.45, 2.75) is 26.3 Å². The molecule has 0 radical (unpaired) electrons. The second-order valence-electron chi connectivity index (χ2n) is 4.13. The maximum Gasteiger partial charge on any atom is 0.305 e. The molecule has 0 fully saturated rings. The molecule has 1 rings (SSSR count). The lowest BCUT2D eigenvalue weighted by Gasteiger charge is -2.14. The summed E-state index contributed by atoms with van der Waals surface area (Å²) in [7, 11) is 0. The average Bonchev–Trinajstić information content (AvgIpc) is 2.21. The van der Waals surface area contributed by atoms with Crippen LogP contribution in [0.1, 0.15) is 17.5 Å². The van der Waals surface area contributed by atoms with Crippen molar-refractivity contribution in [3.8, 4) is 0 Å². The Labute approximate surface area is 113 Å². The van der Waals surface area contributed by atoms with E-state index in [1.165, 1.54) is 0 Å². The van der Waals surface area contributed by atoms with E-state index < -0.39 is 24.3 Å². The molecule has 6 heteroatoms. The van der Waals surface area contributed by atoms with Gasteiger partial charge < -0.3 is 16.2 Å². The number of carbonyl (C=O) groups is 2. The predicted molar refractivity (Wildman–Crippen MR) is 72.5 cm³/mol. The van der Waals surface area contributed by atoms with Gasteiger partial charge in [0.1, 0.15) is 0 Å². The van der Waals surface area contributed by atoms with E-state index in [0.717, 1.165) is 15.6 Å². The van der Waals surface area contributed by atoms with Crippen LogP contribution in [0.5, 0.6) is 0 Å². The molecular weight excluding hydrogens is 300 g/mol. The Morgan fingerprint density at radius 1 is 1.44 bits per heavy atom. The van der Waals surface area contributed by atoms with Crippen LogP contribution in [0, 0.1) is 13.8 Å². The van der Waals surface area contributed by atoms with E-state index in [1.807, 2.05) is 26.0 Å². The molecule has 0 saturated heterocycles. The van der Waals surface area contributed by atoms with Gasteiger partial charge in [0.15, 0.2) is 0 Å². The Morgan fingerprint density at radius 3 is 2.56 bits per heavy atom. The van der Waals surface area contributed by atoms with Crippen molar-refractivity contribution in [3.63, 3.8) is 0 Å². The summed E-state index contributed by atoms with van der Waals surface area (Å²) in [5.74, 6) is -1.61. The maximum atomic E-state index is 11.7. The molecule has 0 saturated carbocycles. The predicted octanol–water partition coefficient (Wildman–Crippen LogP) is 1.81. The van der Waals surface area contributed by atoms with Crippen molar-refractivity contribution < 1.29 is 14.7 Å². The molecule has 98 valence electrons. The second kappa shape index (κ2) is 5.97. The van der Waals surface area contributed by atoms with Gasteiger partial charge in [-0.15, -0.1) is 0 Å². The van der Waals surface area contributed by atoms with E-state index in [-0.39, 0.29) is 0 Å². The SMILES string of the molecule is Cc1cc(C)c(NC(=O)C(N)CC(=O)O)c(Br)c1. The molecule has 0 aromatic heterocycles. The summed E-state index contributed by atoms with van der Waals surface area (Å²) < 4.78 is 0.746. The second-order valence-corrected chi connectivity index (χ2v) is 4.99. The van der Waals surface area contributed by atoms with Crippen molar-refractivity contribution in [3.05, 3.63) is 27.7 Å². The van der Waals surface area contributed by atoms with Crippen LogP contribution in [0.25, 0.3) is 0 Å². The fraction of sp³-hybridized carbons (Fsp3) is 0.333.